The number of hydrogen-bond acceptors (Lipinski definition) is 3. The van der Waals surface area contributed by atoms with Crippen LogP contribution in [-0.4, -0.2) is 48.3 Å². The summed E-state index contributed by atoms with van der Waals surface area (Å²) in [7, 11) is 1.55. The third-order valence-electron chi connectivity index (χ3n) is 4.50. The fraction of sp³-hybridized carbons (Fsp3) is 0.316. The molecule has 5 heteroatoms. The van der Waals surface area contributed by atoms with Gasteiger partial charge in [-0.05, 0) is 12.1 Å². The Kier molecular flexibility index (Phi) is 5.33. The average Bonchev–Trinajstić information content (AvgIpc) is 2.63. The molecule has 126 valence electrons. The summed E-state index contributed by atoms with van der Waals surface area (Å²) in [6, 6.07) is 16.0. The number of hydrogen-bond donors (Lipinski definition) is 2. The molecule has 1 aliphatic heterocycles. The predicted molar refractivity (Wildman–Crippen MR) is 98.8 cm³/mol. The summed E-state index contributed by atoms with van der Waals surface area (Å²) < 4.78 is 5.17. The van der Waals surface area contributed by atoms with Crippen molar-refractivity contribution in [3.8, 4) is 11.5 Å². The van der Waals surface area contributed by atoms with Crippen LogP contribution in [0.2, 0.25) is 0 Å². The van der Waals surface area contributed by atoms with E-state index in [0.717, 1.165) is 32.7 Å². The highest BCUT2D eigenvalue weighted by Crippen LogP contribution is 2.30. The van der Waals surface area contributed by atoms with Gasteiger partial charge in [-0.1, -0.05) is 48.6 Å². The summed E-state index contributed by atoms with van der Waals surface area (Å²) in [6.07, 6.45) is 0. The second kappa shape index (κ2) is 7.64. The average molecular weight is 343 g/mol. The van der Waals surface area contributed by atoms with E-state index < -0.39 is 0 Å². The molecule has 0 spiro atoms. The van der Waals surface area contributed by atoms with Crippen molar-refractivity contribution in [2.75, 3.05) is 33.3 Å². The van der Waals surface area contributed by atoms with Crippen LogP contribution in [0.25, 0.3) is 0 Å². The molecule has 0 saturated carbocycles. The number of piperazine rings is 1. The summed E-state index contributed by atoms with van der Waals surface area (Å²) in [4.78, 5) is 4.44. The molecule has 0 bridgehead atoms. The van der Waals surface area contributed by atoms with Crippen molar-refractivity contribution in [1.29, 1.82) is 0 Å². The van der Waals surface area contributed by atoms with E-state index in [2.05, 4.69) is 35.2 Å². The van der Waals surface area contributed by atoms with Crippen LogP contribution in [0.1, 0.15) is 11.1 Å². The minimum atomic E-state index is 0.129. The van der Waals surface area contributed by atoms with Gasteiger partial charge in [-0.3, -0.25) is 0 Å². The van der Waals surface area contributed by atoms with Crippen LogP contribution >= 0.6 is 12.2 Å². The third kappa shape index (κ3) is 3.68. The molecule has 1 aliphatic rings. The fourth-order valence-corrected chi connectivity index (χ4v) is 3.46. The van der Waals surface area contributed by atoms with E-state index in [-0.39, 0.29) is 5.75 Å². The van der Waals surface area contributed by atoms with Crippen molar-refractivity contribution in [2.24, 2.45) is 0 Å². The molecule has 24 heavy (non-hydrogen) atoms. The Hall–Kier alpha value is -2.11. The van der Waals surface area contributed by atoms with Crippen LogP contribution in [0, 0.1) is 0 Å². The number of thiocarbonyl (C=S) groups is 1. The molecule has 2 aromatic carbocycles. The Morgan fingerprint density at radius 2 is 1.83 bits per heavy atom. The second-order valence-electron chi connectivity index (χ2n) is 6.06. The summed E-state index contributed by atoms with van der Waals surface area (Å²) in [6.45, 7) is 4.93. The van der Waals surface area contributed by atoms with Gasteiger partial charge in [0.05, 0.1) is 38.9 Å². The van der Waals surface area contributed by atoms with Gasteiger partial charge in [-0.15, -0.1) is 0 Å². The predicted octanol–water partition coefficient (Wildman–Crippen LogP) is 1.48. The van der Waals surface area contributed by atoms with Gasteiger partial charge in [-0.2, -0.15) is 0 Å². The summed E-state index contributed by atoms with van der Waals surface area (Å²) in [5.41, 5.74) is 2.05. The van der Waals surface area contributed by atoms with Crippen molar-refractivity contribution in [1.82, 2.24) is 4.90 Å². The van der Waals surface area contributed by atoms with Crippen molar-refractivity contribution in [2.45, 2.75) is 6.54 Å². The van der Waals surface area contributed by atoms with Crippen molar-refractivity contribution < 1.29 is 14.7 Å². The lowest BCUT2D eigenvalue weighted by Crippen LogP contribution is -3.13. The largest absolute Gasteiger partial charge is 0.504 e. The lowest BCUT2D eigenvalue weighted by atomic mass is 10.1. The second-order valence-corrected chi connectivity index (χ2v) is 6.45. The Balaban J connectivity index is 1.61. The van der Waals surface area contributed by atoms with Gasteiger partial charge < -0.3 is 19.6 Å². The van der Waals surface area contributed by atoms with Gasteiger partial charge in [0.25, 0.3) is 0 Å². The number of para-hydroxylation sites is 1. The molecule has 0 atom stereocenters. The molecular weight excluding hydrogens is 320 g/mol. The van der Waals surface area contributed by atoms with E-state index in [1.807, 2.05) is 12.1 Å². The normalized spacial score (nSPS) is 15.3. The maximum absolute atomic E-state index is 10.3. The molecule has 0 aliphatic carbocycles. The first-order valence-electron chi connectivity index (χ1n) is 8.22. The summed E-state index contributed by atoms with van der Waals surface area (Å²) in [5.74, 6) is 0.590. The smallest absolute Gasteiger partial charge is 0.168 e. The van der Waals surface area contributed by atoms with Gasteiger partial charge >= 0.3 is 0 Å². The first kappa shape index (κ1) is 16.7. The number of benzene rings is 2. The molecule has 4 nitrogen and oxygen atoms in total. The van der Waals surface area contributed by atoms with Gasteiger partial charge in [-0.25, -0.2) is 0 Å². The molecule has 0 aromatic heterocycles. The van der Waals surface area contributed by atoms with Crippen LogP contribution in [0.3, 0.4) is 0 Å². The van der Waals surface area contributed by atoms with E-state index in [1.54, 1.807) is 18.1 Å². The number of rotatable bonds is 4. The van der Waals surface area contributed by atoms with Gasteiger partial charge in [0.1, 0.15) is 11.5 Å². The molecule has 1 fully saturated rings. The SMILES string of the molecule is COc1cccc(C(=S)N2CC[NH+](Cc3ccccc3)CC2)c1O. The summed E-state index contributed by atoms with van der Waals surface area (Å²) in [5, 5.41) is 10.3. The van der Waals surface area contributed by atoms with E-state index in [1.165, 1.54) is 5.56 Å². The van der Waals surface area contributed by atoms with Crippen molar-refractivity contribution >= 4 is 17.2 Å². The van der Waals surface area contributed by atoms with E-state index in [9.17, 15) is 5.11 Å². The number of quaternary nitrogens is 1. The number of phenols is 1. The zero-order chi connectivity index (χ0) is 16.9. The van der Waals surface area contributed by atoms with Crippen LogP contribution in [0.4, 0.5) is 0 Å². The van der Waals surface area contributed by atoms with Gasteiger partial charge in [0.15, 0.2) is 11.5 Å². The number of nitrogens with one attached hydrogen (secondary N) is 1. The van der Waals surface area contributed by atoms with Crippen LogP contribution in [0.5, 0.6) is 11.5 Å². The maximum Gasteiger partial charge on any atom is 0.168 e. The molecule has 0 radical (unpaired) electrons. The third-order valence-corrected chi connectivity index (χ3v) is 4.98. The van der Waals surface area contributed by atoms with Crippen LogP contribution < -0.4 is 9.64 Å². The van der Waals surface area contributed by atoms with Crippen molar-refractivity contribution in [3.05, 3.63) is 59.7 Å². The van der Waals surface area contributed by atoms with E-state index >= 15 is 0 Å². The van der Waals surface area contributed by atoms with Crippen molar-refractivity contribution in [3.63, 3.8) is 0 Å². The Labute approximate surface area is 148 Å². The van der Waals surface area contributed by atoms with E-state index in [0.29, 0.717) is 16.3 Å². The van der Waals surface area contributed by atoms with Gasteiger partial charge in [0, 0.05) is 5.56 Å². The Morgan fingerprint density at radius 1 is 1.12 bits per heavy atom. The zero-order valence-corrected chi connectivity index (χ0v) is 14.7. The number of phenolic OH excluding ortho intramolecular Hbond substituents is 1. The Bertz CT molecular complexity index is 698. The van der Waals surface area contributed by atoms with Crippen LogP contribution in [0.15, 0.2) is 48.5 Å². The standard InChI is InChI=1S/C19H22N2O2S/c1-23-17-9-5-8-16(18(17)22)19(24)21-12-10-20(11-13-21)14-15-6-3-2-4-7-15/h2-9,22H,10-14H2,1H3/p+1. The highest BCUT2D eigenvalue weighted by molar-refractivity contribution is 7.80. The number of nitrogens with zero attached hydrogens (tertiary/aromatic N) is 1. The van der Waals surface area contributed by atoms with Crippen LogP contribution in [-0.2, 0) is 6.54 Å². The minimum Gasteiger partial charge on any atom is -0.504 e. The molecule has 0 amide bonds. The first-order valence-corrected chi connectivity index (χ1v) is 8.62. The van der Waals surface area contributed by atoms with E-state index in [4.69, 9.17) is 17.0 Å². The molecular formula is C19H23N2O2S+. The highest BCUT2D eigenvalue weighted by Gasteiger charge is 2.24. The molecule has 1 heterocycles. The highest BCUT2D eigenvalue weighted by atomic mass is 32.1. The number of ether oxygens (including phenoxy) is 1. The molecule has 2 aromatic rings. The number of aromatic hydroxyl groups is 1. The lowest BCUT2D eigenvalue weighted by Gasteiger charge is -2.34. The molecule has 3 rings (SSSR count). The molecule has 2 N–H and O–H groups in total. The first-order chi connectivity index (χ1) is 11.7. The summed E-state index contributed by atoms with van der Waals surface area (Å²) >= 11 is 5.60. The lowest BCUT2D eigenvalue weighted by molar-refractivity contribution is -0.917. The number of methoxy groups -OCH3 is 1. The fourth-order valence-electron chi connectivity index (χ4n) is 3.12. The molecule has 1 saturated heterocycles. The topological polar surface area (TPSA) is 37.1 Å². The quantitative estimate of drug-likeness (QED) is 0.825. The zero-order valence-electron chi connectivity index (χ0n) is 13.9. The molecule has 0 unspecified atom stereocenters. The minimum absolute atomic E-state index is 0.129. The van der Waals surface area contributed by atoms with Gasteiger partial charge in [0.2, 0.25) is 0 Å². The maximum atomic E-state index is 10.3. The Morgan fingerprint density at radius 3 is 2.50 bits per heavy atom. The monoisotopic (exact) mass is 343 g/mol.